The first-order valence-corrected chi connectivity index (χ1v) is 9.16. The van der Waals surface area contributed by atoms with Gasteiger partial charge in [-0.15, -0.1) is 11.8 Å². The third-order valence-corrected chi connectivity index (χ3v) is 5.46. The Morgan fingerprint density at radius 2 is 2.08 bits per heavy atom. The van der Waals surface area contributed by atoms with E-state index in [9.17, 15) is 4.79 Å². The van der Waals surface area contributed by atoms with Gasteiger partial charge >= 0.3 is 5.97 Å². The van der Waals surface area contributed by atoms with Crippen molar-refractivity contribution in [1.29, 1.82) is 0 Å². The predicted octanol–water partition coefficient (Wildman–Crippen LogP) is 3.59. The minimum atomic E-state index is -0.918. The topological polar surface area (TPSA) is 63.1 Å². The number of fused-ring (bicyclic) bond motifs is 1. The molecule has 0 atom stereocenters. The van der Waals surface area contributed by atoms with E-state index in [1.807, 2.05) is 11.8 Å². The Labute approximate surface area is 152 Å². The third kappa shape index (κ3) is 4.02. The van der Waals surface area contributed by atoms with Crippen LogP contribution >= 0.6 is 11.8 Å². The summed E-state index contributed by atoms with van der Waals surface area (Å²) in [7, 11) is 0. The molecule has 0 saturated carbocycles. The zero-order chi connectivity index (χ0) is 18.0. The fraction of sp³-hybridized carbons (Fsp3) is 0.350. The molecule has 5 heteroatoms. The Balaban J connectivity index is 1.89. The van der Waals surface area contributed by atoms with E-state index in [2.05, 4.69) is 54.7 Å². The number of thioether (sulfide) groups is 1. The molecule has 2 aromatic rings. The zero-order valence-electron chi connectivity index (χ0n) is 14.6. The smallest absolute Gasteiger partial charge is 0.309 e. The van der Waals surface area contributed by atoms with Gasteiger partial charge in [0.25, 0.3) is 0 Å². The highest BCUT2D eigenvalue weighted by molar-refractivity contribution is 7.99. The number of rotatable bonds is 2. The van der Waals surface area contributed by atoms with Crippen LogP contribution in [0.2, 0.25) is 0 Å². The van der Waals surface area contributed by atoms with Crippen molar-refractivity contribution in [3.05, 3.63) is 52.6 Å². The van der Waals surface area contributed by atoms with Crippen LogP contribution in [-0.4, -0.2) is 26.8 Å². The van der Waals surface area contributed by atoms with E-state index in [4.69, 9.17) is 5.11 Å². The largest absolute Gasteiger partial charge is 0.481 e. The Kier molecular flexibility index (Phi) is 4.82. The number of aromatic nitrogens is 2. The quantitative estimate of drug-likeness (QED) is 0.837. The van der Waals surface area contributed by atoms with Gasteiger partial charge in [-0.1, -0.05) is 19.8 Å². The van der Waals surface area contributed by atoms with Crippen molar-refractivity contribution < 1.29 is 9.90 Å². The van der Waals surface area contributed by atoms with Gasteiger partial charge in [0.1, 0.15) is 5.69 Å². The van der Waals surface area contributed by atoms with E-state index in [0.29, 0.717) is 11.4 Å². The molecule has 0 fully saturated rings. The molecule has 0 aliphatic carbocycles. The fourth-order valence-corrected chi connectivity index (χ4v) is 4.40. The molecule has 1 N–H and O–H groups in total. The molecule has 1 aliphatic rings. The molecule has 0 spiro atoms. The number of aliphatic carboxylic acids is 1. The first kappa shape index (κ1) is 17.5. The lowest BCUT2D eigenvalue weighted by Crippen LogP contribution is -2.23. The number of carboxylic acids is 1. The molecular weight excluding hydrogens is 332 g/mol. The number of hydrogen-bond acceptors (Lipinski definition) is 4. The standard InChI is InChI=1S/C20H20N2O2S/c1-13-8-18-17(20(2,3)6-7-25-18)9-14(13)4-5-15-11-22-16(12-21-15)10-19(23)24/h8-9,11-12H,6-7,10H2,1-3H3,(H,23,24). The maximum atomic E-state index is 10.7. The van der Waals surface area contributed by atoms with Crippen molar-refractivity contribution in [2.75, 3.05) is 5.75 Å². The highest BCUT2D eigenvalue weighted by Gasteiger charge is 2.28. The van der Waals surface area contributed by atoms with E-state index < -0.39 is 5.97 Å². The van der Waals surface area contributed by atoms with E-state index in [-0.39, 0.29) is 11.8 Å². The summed E-state index contributed by atoms with van der Waals surface area (Å²) in [6.45, 7) is 6.64. The molecule has 0 unspecified atom stereocenters. The van der Waals surface area contributed by atoms with Crippen LogP contribution in [0.1, 0.15) is 48.3 Å². The Morgan fingerprint density at radius 1 is 1.28 bits per heavy atom. The monoisotopic (exact) mass is 352 g/mol. The van der Waals surface area contributed by atoms with Gasteiger partial charge < -0.3 is 5.11 Å². The molecule has 0 amide bonds. The van der Waals surface area contributed by atoms with Gasteiger partial charge in [0.15, 0.2) is 0 Å². The number of nitrogens with zero attached hydrogens (tertiary/aromatic N) is 2. The van der Waals surface area contributed by atoms with Crippen LogP contribution in [0.15, 0.2) is 29.4 Å². The van der Waals surface area contributed by atoms with E-state index in [1.165, 1.54) is 22.9 Å². The highest BCUT2D eigenvalue weighted by atomic mass is 32.2. The SMILES string of the molecule is Cc1cc2c(cc1C#Cc1cnc(CC(=O)O)cn1)C(C)(C)CCS2. The number of carboxylic acid groups (broad SMARTS) is 1. The lowest BCUT2D eigenvalue weighted by molar-refractivity contribution is -0.136. The van der Waals surface area contributed by atoms with Crippen molar-refractivity contribution in [3.63, 3.8) is 0 Å². The van der Waals surface area contributed by atoms with Crippen LogP contribution in [0.5, 0.6) is 0 Å². The normalized spacial score (nSPS) is 15.0. The molecule has 3 rings (SSSR count). The van der Waals surface area contributed by atoms with Crippen LogP contribution in [0.4, 0.5) is 0 Å². The highest BCUT2D eigenvalue weighted by Crippen LogP contribution is 2.42. The molecular formula is C20H20N2O2S. The van der Waals surface area contributed by atoms with Gasteiger partial charge in [-0.3, -0.25) is 9.78 Å². The minimum absolute atomic E-state index is 0.128. The third-order valence-electron chi connectivity index (χ3n) is 4.40. The molecule has 1 aliphatic heterocycles. The lowest BCUT2D eigenvalue weighted by atomic mass is 9.80. The van der Waals surface area contributed by atoms with E-state index in [1.54, 1.807) is 0 Å². The van der Waals surface area contributed by atoms with Crippen LogP contribution in [0.3, 0.4) is 0 Å². The second-order valence-electron chi connectivity index (χ2n) is 6.86. The predicted molar refractivity (Wildman–Crippen MR) is 98.9 cm³/mol. The van der Waals surface area contributed by atoms with Gasteiger partial charge in [-0.05, 0) is 53.7 Å². The molecule has 1 aromatic heterocycles. The Morgan fingerprint density at radius 3 is 2.76 bits per heavy atom. The second-order valence-corrected chi connectivity index (χ2v) is 8.00. The molecule has 0 bridgehead atoms. The second kappa shape index (κ2) is 6.89. The first-order valence-electron chi connectivity index (χ1n) is 8.18. The van der Waals surface area contributed by atoms with Gasteiger partial charge in [0, 0.05) is 10.5 Å². The average Bonchev–Trinajstić information content (AvgIpc) is 2.54. The average molecular weight is 352 g/mol. The molecule has 4 nitrogen and oxygen atoms in total. The number of aryl methyl sites for hydroxylation is 1. The summed E-state index contributed by atoms with van der Waals surface area (Å²) in [5.41, 5.74) is 4.67. The van der Waals surface area contributed by atoms with Crippen molar-refractivity contribution in [1.82, 2.24) is 9.97 Å². The summed E-state index contributed by atoms with van der Waals surface area (Å²) in [6.07, 6.45) is 4.03. The van der Waals surface area contributed by atoms with Gasteiger partial charge in [-0.25, -0.2) is 4.98 Å². The van der Waals surface area contributed by atoms with Crippen molar-refractivity contribution in [2.45, 2.75) is 43.9 Å². The maximum Gasteiger partial charge on any atom is 0.309 e. The van der Waals surface area contributed by atoms with Crippen LogP contribution in [-0.2, 0) is 16.6 Å². The molecule has 128 valence electrons. The van der Waals surface area contributed by atoms with Gasteiger partial charge in [0.05, 0.1) is 24.5 Å². The molecule has 0 radical (unpaired) electrons. The fourth-order valence-electron chi connectivity index (χ4n) is 2.81. The summed E-state index contributed by atoms with van der Waals surface area (Å²) >= 11 is 1.92. The Bertz CT molecular complexity index is 877. The van der Waals surface area contributed by atoms with Crippen LogP contribution in [0, 0.1) is 18.8 Å². The molecule has 2 heterocycles. The summed E-state index contributed by atoms with van der Waals surface area (Å²) in [5.74, 6) is 6.48. The summed E-state index contributed by atoms with van der Waals surface area (Å²) < 4.78 is 0. The van der Waals surface area contributed by atoms with Crippen LogP contribution in [0.25, 0.3) is 0 Å². The van der Waals surface area contributed by atoms with Crippen molar-refractivity contribution >= 4 is 17.7 Å². The zero-order valence-corrected chi connectivity index (χ0v) is 15.4. The summed E-state index contributed by atoms with van der Waals surface area (Å²) in [6, 6.07) is 4.43. The van der Waals surface area contributed by atoms with Crippen LogP contribution < -0.4 is 0 Å². The summed E-state index contributed by atoms with van der Waals surface area (Å²) in [5, 5.41) is 8.76. The first-order chi connectivity index (χ1) is 11.8. The maximum absolute atomic E-state index is 10.7. The number of hydrogen-bond donors (Lipinski definition) is 1. The number of carbonyl (C=O) groups is 1. The summed E-state index contributed by atoms with van der Waals surface area (Å²) in [4.78, 5) is 20.3. The molecule has 1 aromatic carbocycles. The lowest BCUT2D eigenvalue weighted by Gasteiger charge is -2.32. The molecule has 0 saturated heterocycles. The van der Waals surface area contributed by atoms with Gasteiger partial charge in [0.2, 0.25) is 0 Å². The van der Waals surface area contributed by atoms with E-state index in [0.717, 1.165) is 23.3 Å². The molecule has 25 heavy (non-hydrogen) atoms. The van der Waals surface area contributed by atoms with Crippen molar-refractivity contribution in [2.24, 2.45) is 0 Å². The van der Waals surface area contributed by atoms with E-state index >= 15 is 0 Å². The number of benzene rings is 1. The van der Waals surface area contributed by atoms with Crippen molar-refractivity contribution in [3.8, 4) is 11.8 Å². The van der Waals surface area contributed by atoms with Gasteiger partial charge in [-0.2, -0.15) is 0 Å². The Hall–Kier alpha value is -2.32. The minimum Gasteiger partial charge on any atom is -0.481 e.